The van der Waals surface area contributed by atoms with Crippen molar-refractivity contribution in [3.63, 3.8) is 0 Å². The van der Waals surface area contributed by atoms with Crippen molar-refractivity contribution in [2.45, 2.75) is 52.1 Å². The van der Waals surface area contributed by atoms with Crippen LogP contribution in [0.2, 0.25) is 0 Å². The highest BCUT2D eigenvalue weighted by Gasteiger charge is 2.12. The molecule has 1 aromatic carbocycles. The van der Waals surface area contributed by atoms with E-state index in [0.29, 0.717) is 17.3 Å². The lowest BCUT2D eigenvalue weighted by atomic mass is 9.97. The molecule has 1 amide bonds. The molecule has 1 aliphatic rings. The van der Waals surface area contributed by atoms with Crippen molar-refractivity contribution in [3.8, 4) is 5.75 Å². The van der Waals surface area contributed by atoms with E-state index >= 15 is 0 Å². The van der Waals surface area contributed by atoms with E-state index in [9.17, 15) is 4.79 Å². The second kappa shape index (κ2) is 9.88. The molecule has 28 heavy (non-hydrogen) atoms. The van der Waals surface area contributed by atoms with Gasteiger partial charge in [-0.15, -0.1) is 0 Å². The maximum Gasteiger partial charge on any atom is 0.275 e. The molecule has 6 nitrogen and oxygen atoms in total. The molecule has 0 saturated carbocycles. The molecule has 6 heteroatoms. The predicted octanol–water partition coefficient (Wildman–Crippen LogP) is 4.82. The summed E-state index contributed by atoms with van der Waals surface area (Å²) in [4.78, 5) is 21.0. The number of hydrogen-bond acceptors (Lipinski definition) is 5. The Hall–Kier alpha value is -2.89. The maximum absolute atomic E-state index is 12.5. The number of benzene rings is 1. The van der Waals surface area contributed by atoms with Crippen molar-refractivity contribution >= 4 is 17.4 Å². The molecule has 0 atom stereocenters. The van der Waals surface area contributed by atoms with Gasteiger partial charge in [0.25, 0.3) is 5.91 Å². The SMILES string of the molecule is CC(C)Oc1ccccc1NC(=O)c1cnc(NCCC2=CCCCC2)cn1. The number of rotatable bonds is 8. The first-order valence-electron chi connectivity index (χ1n) is 9.92. The van der Waals surface area contributed by atoms with Gasteiger partial charge < -0.3 is 15.4 Å². The van der Waals surface area contributed by atoms with Crippen molar-refractivity contribution < 1.29 is 9.53 Å². The van der Waals surface area contributed by atoms with Crippen LogP contribution in [0, 0.1) is 0 Å². The first-order chi connectivity index (χ1) is 13.6. The first-order valence-corrected chi connectivity index (χ1v) is 9.92. The Balaban J connectivity index is 1.54. The van der Waals surface area contributed by atoms with E-state index in [2.05, 4.69) is 26.7 Å². The van der Waals surface area contributed by atoms with E-state index in [1.54, 1.807) is 12.3 Å². The second-order valence-electron chi connectivity index (χ2n) is 7.19. The predicted molar refractivity (Wildman–Crippen MR) is 112 cm³/mol. The summed E-state index contributed by atoms with van der Waals surface area (Å²) in [5.41, 5.74) is 2.40. The van der Waals surface area contributed by atoms with Crippen molar-refractivity contribution in [2.75, 3.05) is 17.2 Å². The van der Waals surface area contributed by atoms with Crippen LogP contribution in [0.5, 0.6) is 5.75 Å². The van der Waals surface area contributed by atoms with E-state index in [1.165, 1.54) is 37.5 Å². The van der Waals surface area contributed by atoms with E-state index in [4.69, 9.17) is 4.74 Å². The zero-order valence-corrected chi connectivity index (χ0v) is 16.6. The molecule has 3 rings (SSSR count). The molecule has 0 aliphatic heterocycles. The van der Waals surface area contributed by atoms with Gasteiger partial charge in [-0.3, -0.25) is 4.79 Å². The number of carbonyl (C=O) groups excluding carboxylic acids is 1. The lowest BCUT2D eigenvalue weighted by Crippen LogP contribution is -2.16. The normalized spacial score (nSPS) is 13.8. The number of aromatic nitrogens is 2. The monoisotopic (exact) mass is 380 g/mol. The molecule has 1 aliphatic carbocycles. The number of carbonyl (C=O) groups is 1. The summed E-state index contributed by atoms with van der Waals surface area (Å²) in [6, 6.07) is 7.36. The minimum Gasteiger partial charge on any atom is -0.489 e. The summed E-state index contributed by atoms with van der Waals surface area (Å²) >= 11 is 0. The Morgan fingerprint density at radius 2 is 2.04 bits per heavy atom. The van der Waals surface area contributed by atoms with Gasteiger partial charge in [0.1, 0.15) is 17.3 Å². The first kappa shape index (κ1) is 19.9. The molecule has 0 fully saturated rings. The largest absolute Gasteiger partial charge is 0.489 e. The van der Waals surface area contributed by atoms with Crippen molar-refractivity contribution in [1.82, 2.24) is 9.97 Å². The molecule has 148 valence electrons. The fourth-order valence-electron chi connectivity index (χ4n) is 3.13. The number of ether oxygens (including phenoxy) is 1. The fraction of sp³-hybridized carbons (Fsp3) is 0.409. The Morgan fingerprint density at radius 1 is 1.18 bits per heavy atom. The second-order valence-corrected chi connectivity index (χ2v) is 7.19. The standard InChI is InChI=1S/C22H28N4O2/c1-16(2)28-20-11-7-6-10-18(20)26-22(27)19-14-25-21(15-24-19)23-13-12-17-8-4-3-5-9-17/h6-8,10-11,14-16H,3-5,9,12-13H2,1-2H3,(H,23,25)(H,26,27). The number of allylic oxidation sites excluding steroid dienone is 1. The number of amides is 1. The van der Waals surface area contributed by atoms with E-state index < -0.39 is 0 Å². The van der Waals surface area contributed by atoms with Gasteiger partial charge in [0.2, 0.25) is 0 Å². The van der Waals surface area contributed by atoms with E-state index in [-0.39, 0.29) is 17.7 Å². The number of hydrogen-bond donors (Lipinski definition) is 2. The summed E-state index contributed by atoms with van der Waals surface area (Å²) in [5, 5.41) is 6.12. The van der Waals surface area contributed by atoms with Gasteiger partial charge in [0.15, 0.2) is 0 Å². The van der Waals surface area contributed by atoms with Gasteiger partial charge >= 0.3 is 0 Å². The lowest BCUT2D eigenvalue weighted by molar-refractivity contribution is 0.102. The Bertz CT molecular complexity index is 816. The van der Waals surface area contributed by atoms with Gasteiger partial charge in [0.05, 0.1) is 24.2 Å². The van der Waals surface area contributed by atoms with Gasteiger partial charge in [-0.05, 0) is 58.1 Å². The molecule has 1 heterocycles. The summed E-state index contributed by atoms with van der Waals surface area (Å²) in [5.74, 6) is 0.997. The van der Waals surface area contributed by atoms with Gasteiger partial charge in [0, 0.05) is 6.54 Å². The highest BCUT2D eigenvalue weighted by molar-refractivity contribution is 6.03. The smallest absolute Gasteiger partial charge is 0.275 e. The maximum atomic E-state index is 12.5. The zero-order valence-electron chi connectivity index (χ0n) is 16.6. The van der Waals surface area contributed by atoms with Crippen LogP contribution in [0.3, 0.4) is 0 Å². The number of nitrogens with zero attached hydrogens (tertiary/aromatic N) is 2. The van der Waals surface area contributed by atoms with Crippen LogP contribution in [-0.2, 0) is 0 Å². The third-order valence-electron chi connectivity index (χ3n) is 4.52. The molecule has 0 radical (unpaired) electrons. The third kappa shape index (κ3) is 5.81. The summed E-state index contributed by atoms with van der Waals surface area (Å²) in [7, 11) is 0. The average molecular weight is 380 g/mol. The Morgan fingerprint density at radius 3 is 2.75 bits per heavy atom. The molecule has 1 aromatic heterocycles. The minimum atomic E-state index is -0.314. The van der Waals surface area contributed by atoms with Gasteiger partial charge in [-0.1, -0.05) is 23.8 Å². The topological polar surface area (TPSA) is 76.1 Å². The summed E-state index contributed by atoms with van der Waals surface area (Å²) in [6.45, 7) is 4.72. The molecule has 0 saturated heterocycles. The average Bonchev–Trinajstić information content (AvgIpc) is 2.70. The molecular weight excluding hydrogens is 352 g/mol. The zero-order chi connectivity index (χ0) is 19.8. The van der Waals surface area contributed by atoms with Crippen LogP contribution in [0.25, 0.3) is 0 Å². The minimum absolute atomic E-state index is 0.0209. The van der Waals surface area contributed by atoms with Crippen LogP contribution in [0.15, 0.2) is 48.3 Å². The van der Waals surface area contributed by atoms with E-state index in [1.807, 2.05) is 32.0 Å². The quantitative estimate of drug-likeness (QED) is 0.642. The number of anilines is 2. The molecule has 2 aromatic rings. The van der Waals surface area contributed by atoms with Gasteiger partial charge in [-0.25, -0.2) is 9.97 Å². The Kier molecular flexibility index (Phi) is 7.00. The fourth-order valence-corrected chi connectivity index (χ4v) is 3.13. The molecule has 0 spiro atoms. The Labute approximate surface area is 166 Å². The van der Waals surface area contributed by atoms with Crippen LogP contribution < -0.4 is 15.4 Å². The molecule has 0 unspecified atom stereocenters. The van der Waals surface area contributed by atoms with Crippen molar-refractivity contribution in [3.05, 3.63) is 54.0 Å². The van der Waals surface area contributed by atoms with Crippen LogP contribution >= 0.6 is 0 Å². The van der Waals surface area contributed by atoms with Crippen LogP contribution in [-0.4, -0.2) is 28.5 Å². The van der Waals surface area contributed by atoms with Crippen molar-refractivity contribution in [1.29, 1.82) is 0 Å². The van der Waals surface area contributed by atoms with Gasteiger partial charge in [-0.2, -0.15) is 0 Å². The molecule has 0 bridgehead atoms. The summed E-state index contributed by atoms with van der Waals surface area (Å²) in [6.07, 6.45) is 11.5. The van der Waals surface area contributed by atoms with E-state index in [0.717, 1.165) is 13.0 Å². The van der Waals surface area contributed by atoms with Crippen LogP contribution in [0.4, 0.5) is 11.5 Å². The highest BCUT2D eigenvalue weighted by atomic mass is 16.5. The summed E-state index contributed by atoms with van der Waals surface area (Å²) < 4.78 is 5.73. The third-order valence-corrected chi connectivity index (χ3v) is 4.52. The molecular formula is C22H28N4O2. The number of nitrogens with one attached hydrogen (secondary N) is 2. The number of para-hydroxylation sites is 2. The highest BCUT2D eigenvalue weighted by Crippen LogP contribution is 2.25. The molecule has 2 N–H and O–H groups in total. The lowest BCUT2D eigenvalue weighted by Gasteiger charge is -2.14. The van der Waals surface area contributed by atoms with Crippen LogP contribution in [0.1, 0.15) is 56.4 Å². The van der Waals surface area contributed by atoms with Crippen molar-refractivity contribution in [2.24, 2.45) is 0 Å².